The van der Waals surface area contributed by atoms with Gasteiger partial charge in [0, 0.05) is 6.04 Å². The van der Waals surface area contributed by atoms with Crippen molar-refractivity contribution < 1.29 is 4.74 Å². The Morgan fingerprint density at radius 3 is 1.84 bits per heavy atom. The highest BCUT2D eigenvalue weighted by atomic mass is 16.5. The maximum absolute atomic E-state index is 5.49. The molecule has 128 valence electrons. The van der Waals surface area contributed by atoms with Crippen molar-refractivity contribution in [3.8, 4) is 5.75 Å². The largest absolute Gasteiger partial charge is 0.496 e. The van der Waals surface area contributed by atoms with E-state index in [1.54, 1.807) is 7.11 Å². The second-order valence-electron chi connectivity index (χ2n) is 6.34. The van der Waals surface area contributed by atoms with Crippen molar-refractivity contribution in [2.45, 2.75) is 25.4 Å². The van der Waals surface area contributed by atoms with Crippen molar-refractivity contribution in [1.82, 2.24) is 5.32 Å². The van der Waals surface area contributed by atoms with Crippen LogP contribution < -0.4 is 10.1 Å². The molecular formula is C23H25NO. The van der Waals surface area contributed by atoms with Crippen LogP contribution in [-0.4, -0.2) is 13.2 Å². The van der Waals surface area contributed by atoms with Gasteiger partial charge in [0.15, 0.2) is 0 Å². The standard InChI is InChI=1S/C23H25NO/c1-18(17-21-15-9-10-16-22(21)25-2)24-23(19-11-5-3-6-12-19)20-13-7-4-8-14-20/h3-16,18,23-24H,17H2,1-2H3. The van der Waals surface area contributed by atoms with Crippen LogP contribution in [0.4, 0.5) is 0 Å². The quantitative estimate of drug-likeness (QED) is 0.657. The molecule has 3 rings (SSSR count). The summed E-state index contributed by atoms with van der Waals surface area (Å²) in [6.07, 6.45) is 0.917. The van der Waals surface area contributed by atoms with Gasteiger partial charge in [0.25, 0.3) is 0 Å². The predicted octanol–water partition coefficient (Wildman–Crippen LogP) is 5.01. The molecule has 3 aromatic carbocycles. The molecule has 1 unspecified atom stereocenters. The van der Waals surface area contributed by atoms with Crippen LogP contribution in [0.5, 0.6) is 5.75 Å². The van der Waals surface area contributed by atoms with Gasteiger partial charge in [-0.15, -0.1) is 0 Å². The predicted molar refractivity (Wildman–Crippen MR) is 104 cm³/mol. The Labute approximate surface area is 150 Å². The zero-order valence-electron chi connectivity index (χ0n) is 14.9. The molecular weight excluding hydrogens is 306 g/mol. The first-order valence-corrected chi connectivity index (χ1v) is 8.75. The van der Waals surface area contributed by atoms with E-state index in [4.69, 9.17) is 4.74 Å². The molecule has 3 aromatic rings. The summed E-state index contributed by atoms with van der Waals surface area (Å²) in [5, 5.41) is 3.79. The molecule has 1 atom stereocenters. The van der Waals surface area contributed by atoms with Crippen molar-refractivity contribution in [1.29, 1.82) is 0 Å². The van der Waals surface area contributed by atoms with Gasteiger partial charge in [-0.1, -0.05) is 78.9 Å². The molecule has 25 heavy (non-hydrogen) atoms. The molecule has 0 fully saturated rings. The van der Waals surface area contributed by atoms with Gasteiger partial charge in [0.2, 0.25) is 0 Å². The van der Waals surface area contributed by atoms with Crippen molar-refractivity contribution in [2.24, 2.45) is 0 Å². The number of para-hydroxylation sites is 1. The van der Waals surface area contributed by atoms with E-state index in [2.05, 4.69) is 85.0 Å². The van der Waals surface area contributed by atoms with Gasteiger partial charge in [0.1, 0.15) is 5.75 Å². The second kappa shape index (κ2) is 8.50. The molecule has 0 aliphatic carbocycles. The zero-order chi connectivity index (χ0) is 17.5. The summed E-state index contributed by atoms with van der Waals surface area (Å²) in [4.78, 5) is 0. The molecule has 0 heterocycles. The molecule has 0 bridgehead atoms. The van der Waals surface area contributed by atoms with E-state index in [1.165, 1.54) is 16.7 Å². The molecule has 0 saturated heterocycles. The van der Waals surface area contributed by atoms with Gasteiger partial charge < -0.3 is 10.1 Å². The van der Waals surface area contributed by atoms with Gasteiger partial charge in [0.05, 0.1) is 13.2 Å². The van der Waals surface area contributed by atoms with Gasteiger partial charge in [-0.2, -0.15) is 0 Å². The third-order valence-corrected chi connectivity index (χ3v) is 4.44. The van der Waals surface area contributed by atoms with Crippen LogP contribution >= 0.6 is 0 Å². The average molecular weight is 331 g/mol. The average Bonchev–Trinajstić information content (AvgIpc) is 2.68. The van der Waals surface area contributed by atoms with E-state index >= 15 is 0 Å². The first kappa shape index (κ1) is 17.2. The topological polar surface area (TPSA) is 21.3 Å². The fraction of sp³-hybridized carbons (Fsp3) is 0.217. The fourth-order valence-corrected chi connectivity index (χ4v) is 3.22. The maximum Gasteiger partial charge on any atom is 0.122 e. The van der Waals surface area contributed by atoms with Crippen LogP contribution in [0.25, 0.3) is 0 Å². The third-order valence-electron chi connectivity index (χ3n) is 4.44. The third kappa shape index (κ3) is 4.49. The second-order valence-corrected chi connectivity index (χ2v) is 6.34. The lowest BCUT2D eigenvalue weighted by Gasteiger charge is -2.25. The smallest absolute Gasteiger partial charge is 0.122 e. The summed E-state index contributed by atoms with van der Waals surface area (Å²) in [7, 11) is 1.73. The van der Waals surface area contributed by atoms with Crippen LogP contribution in [0.15, 0.2) is 84.9 Å². The molecule has 0 radical (unpaired) electrons. The van der Waals surface area contributed by atoms with E-state index in [0.29, 0.717) is 6.04 Å². The lowest BCUT2D eigenvalue weighted by molar-refractivity contribution is 0.404. The Hall–Kier alpha value is -2.58. The van der Waals surface area contributed by atoms with E-state index in [0.717, 1.165) is 12.2 Å². The first-order chi connectivity index (χ1) is 12.3. The van der Waals surface area contributed by atoms with Gasteiger partial charge in [-0.3, -0.25) is 0 Å². The van der Waals surface area contributed by atoms with Crippen molar-refractivity contribution in [3.63, 3.8) is 0 Å². The highest BCUT2D eigenvalue weighted by Gasteiger charge is 2.17. The highest BCUT2D eigenvalue weighted by molar-refractivity contribution is 5.35. The summed E-state index contributed by atoms with van der Waals surface area (Å²) in [5.74, 6) is 0.951. The number of benzene rings is 3. The summed E-state index contributed by atoms with van der Waals surface area (Å²) >= 11 is 0. The summed E-state index contributed by atoms with van der Waals surface area (Å²) in [6.45, 7) is 2.23. The van der Waals surface area contributed by atoms with Crippen LogP contribution in [0.3, 0.4) is 0 Å². The SMILES string of the molecule is COc1ccccc1CC(C)NC(c1ccccc1)c1ccccc1. The van der Waals surface area contributed by atoms with Gasteiger partial charge >= 0.3 is 0 Å². The maximum atomic E-state index is 5.49. The van der Waals surface area contributed by atoms with Gasteiger partial charge in [-0.25, -0.2) is 0 Å². The molecule has 0 saturated carbocycles. The number of hydrogen-bond acceptors (Lipinski definition) is 2. The Morgan fingerprint density at radius 1 is 0.760 bits per heavy atom. The summed E-state index contributed by atoms with van der Waals surface area (Å²) in [6, 6.07) is 29.9. The number of nitrogens with one attached hydrogen (secondary N) is 1. The molecule has 0 aliphatic rings. The normalized spacial score (nSPS) is 12.1. The minimum Gasteiger partial charge on any atom is -0.496 e. The first-order valence-electron chi connectivity index (χ1n) is 8.75. The Balaban J connectivity index is 1.80. The molecule has 0 amide bonds. The van der Waals surface area contributed by atoms with Crippen LogP contribution in [0.2, 0.25) is 0 Å². The molecule has 2 heteroatoms. The monoisotopic (exact) mass is 331 g/mol. The Kier molecular flexibility index (Phi) is 5.86. The summed E-state index contributed by atoms with van der Waals surface area (Å²) in [5.41, 5.74) is 3.78. The van der Waals surface area contributed by atoms with E-state index < -0.39 is 0 Å². The van der Waals surface area contributed by atoms with E-state index in [1.807, 2.05) is 12.1 Å². The Morgan fingerprint density at radius 2 is 1.28 bits per heavy atom. The lowest BCUT2D eigenvalue weighted by Crippen LogP contribution is -2.33. The number of ether oxygens (including phenoxy) is 1. The zero-order valence-corrected chi connectivity index (χ0v) is 14.9. The molecule has 0 spiro atoms. The molecule has 0 aliphatic heterocycles. The number of methoxy groups -OCH3 is 1. The fourth-order valence-electron chi connectivity index (χ4n) is 3.22. The minimum atomic E-state index is 0.173. The van der Waals surface area contributed by atoms with Crippen molar-refractivity contribution in [2.75, 3.05) is 7.11 Å². The van der Waals surface area contributed by atoms with Crippen LogP contribution in [-0.2, 0) is 6.42 Å². The molecule has 2 nitrogen and oxygen atoms in total. The lowest BCUT2D eigenvalue weighted by atomic mass is 9.96. The Bertz CT molecular complexity index is 731. The van der Waals surface area contributed by atoms with E-state index in [-0.39, 0.29) is 6.04 Å². The van der Waals surface area contributed by atoms with Crippen molar-refractivity contribution in [3.05, 3.63) is 102 Å². The van der Waals surface area contributed by atoms with Gasteiger partial charge in [-0.05, 0) is 36.1 Å². The molecule has 0 aromatic heterocycles. The van der Waals surface area contributed by atoms with Crippen molar-refractivity contribution >= 4 is 0 Å². The number of hydrogen-bond donors (Lipinski definition) is 1. The highest BCUT2D eigenvalue weighted by Crippen LogP contribution is 2.24. The summed E-state index contributed by atoms with van der Waals surface area (Å²) < 4.78 is 5.49. The molecule has 1 N–H and O–H groups in total. The van der Waals surface area contributed by atoms with Crippen LogP contribution in [0.1, 0.15) is 29.7 Å². The minimum absolute atomic E-state index is 0.173. The van der Waals surface area contributed by atoms with Crippen LogP contribution in [0, 0.1) is 0 Å². The number of rotatable bonds is 7. The van der Waals surface area contributed by atoms with E-state index in [9.17, 15) is 0 Å².